The first-order valence-corrected chi connectivity index (χ1v) is 6.80. The fourth-order valence-corrected chi connectivity index (χ4v) is 2.02. The van der Waals surface area contributed by atoms with Crippen molar-refractivity contribution < 1.29 is 9.90 Å². The first-order chi connectivity index (χ1) is 9.56. The number of rotatable bonds is 4. The summed E-state index contributed by atoms with van der Waals surface area (Å²) in [5.41, 5.74) is 6.75. The zero-order chi connectivity index (χ0) is 14.5. The van der Waals surface area contributed by atoms with E-state index >= 15 is 0 Å². The second-order valence-electron chi connectivity index (χ2n) is 4.30. The summed E-state index contributed by atoms with van der Waals surface area (Å²) in [5.74, 6) is 0.320. The normalized spacial score (nSPS) is 11.9. The van der Waals surface area contributed by atoms with Crippen molar-refractivity contribution >= 4 is 27.7 Å². The van der Waals surface area contributed by atoms with Crippen LogP contribution in [0, 0.1) is 0 Å². The number of anilines is 1. The molecule has 0 spiro atoms. The van der Waals surface area contributed by atoms with Crippen molar-refractivity contribution in [3.05, 3.63) is 52.6 Å². The molecule has 4 N–H and O–H groups in total. The number of amides is 1. The molecule has 0 bridgehead atoms. The molecule has 2 aromatic rings. The Bertz CT molecular complexity index is 602. The van der Waals surface area contributed by atoms with Crippen molar-refractivity contribution in [2.24, 2.45) is 5.73 Å². The minimum absolute atomic E-state index is 0.184. The number of phenols is 1. The van der Waals surface area contributed by atoms with Crippen molar-refractivity contribution in [1.29, 1.82) is 0 Å². The summed E-state index contributed by atoms with van der Waals surface area (Å²) in [4.78, 5) is 16.0. The van der Waals surface area contributed by atoms with E-state index in [2.05, 4.69) is 26.2 Å². The molecule has 6 heteroatoms. The third-order valence-corrected chi connectivity index (χ3v) is 3.37. The van der Waals surface area contributed by atoms with Crippen LogP contribution in [0.5, 0.6) is 5.75 Å². The highest BCUT2D eigenvalue weighted by Crippen LogP contribution is 2.18. The predicted octanol–water partition coefficient (Wildman–Crippen LogP) is 2.06. The Balaban J connectivity index is 1.99. The van der Waals surface area contributed by atoms with Gasteiger partial charge in [0.15, 0.2) is 0 Å². The molecule has 0 saturated carbocycles. The lowest BCUT2D eigenvalue weighted by Crippen LogP contribution is -2.37. The summed E-state index contributed by atoms with van der Waals surface area (Å²) in [6.07, 6.45) is 1.97. The van der Waals surface area contributed by atoms with Crippen LogP contribution in [0.25, 0.3) is 0 Å². The molecule has 1 heterocycles. The van der Waals surface area contributed by atoms with Gasteiger partial charge in [0.1, 0.15) is 11.6 Å². The first-order valence-electron chi connectivity index (χ1n) is 6.01. The number of benzene rings is 1. The largest absolute Gasteiger partial charge is 0.508 e. The number of hydrogen-bond donors (Lipinski definition) is 3. The van der Waals surface area contributed by atoms with Crippen LogP contribution in [0.3, 0.4) is 0 Å². The fraction of sp³-hybridized carbons (Fsp3) is 0.143. The van der Waals surface area contributed by atoms with Gasteiger partial charge >= 0.3 is 0 Å². The SMILES string of the molecule is N[C@H](Cc1ccc(O)cc1)C(=O)Nc1ncccc1Br. The van der Waals surface area contributed by atoms with E-state index in [0.717, 1.165) is 5.56 Å². The summed E-state index contributed by atoms with van der Waals surface area (Å²) >= 11 is 3.30. The summed E-state index contributed by atoms with van der Waals surface area (Å²) in [6, 6.07) is 9.46. The lowest BCUT2D eigenvalue weighted by Gasteiger charge is -2.12. The smallest absolute Gasteiger partial charge is 0.242 e. The highest BCUT2D eigenvalue weighted by Gasteiger charge is 2.15. The number of hydrogen-bond acceptors (Lipinski definition) is 4. The summed E-state index contributed by atoms with van der Waals surface area (Å²) < 4.78 is 0.699. The molecule has 0 aliphatic heterocycles. The number of nitrogens with zero attached hydrogens (tertiary/aromatic N) is 1. The van der Waals surface area contributed by atoms with Gasteiger partial charge in [-0.2, -0.15) is 0 Å². The molecule has 1 atom stereocenters. The first kappa shape index (κ1) is 14.5. The molecule has 1 aromatic carbocycles. The topological polar surface area (TPSA) is 88.2 Å². The van der Waals surface area contributed by atoms with Crippen LogP contribution in [0.4, 0.5) is 5.82 Å². The molecule has 1 amide bonds. The molecule has 0 aliphatic rings. The van der Waals surface area contributed by atoms with E-state index in [0.29, 0.717) is 16.7 Å². The Morgan fingerprint density at radius 3 is 2.70 bits per heavy atom. The molecule has 0 saturated heterocycles. The monoisotopic (exact) mass is 335 g/mol. The highest BCUT2D eigenvalue weighted by molar-refractivity contribution is 9.10. The third-order valence-electron chi connectivity index (χ3n) is 2.73. The summed E-state index contributed by atoms with van der Waals surface area (Å²) in [5, 5.41) is 11.9. The molecule has 0 fully saturated rings. The minimum atomic E-state index is -0.687. The molecular formula is C14H14BrN3O2. The van der Waals surface area contributed by atoms with E-state index in [4.69, 9.17) is 5.73 Å². The lowest BCUT2D eigenvalue weighted by atomic mass is 10.1. The van der Waals surface area contributed by atoms with Gasteiger partial charge in [0.05, 0.1) is 10.5 Å². The van der Waals surface area contributed by atoms with Crippen LogP contribution < -0.4 is 11.1 Å². The molecule has 20 heavy (non-hydrogen) atoms. The predicted molar refractivity (Wildman–Crippen MR) is 80.4 cm³/mol. The van der Waals surface area contributed by atoms with E-state index in [-0.39, 0.29) is 11.7 Å². The quantitative estimate of drug-likeness (QED) is 0.797. The maximum atomic E-state index is 12.0. The van der Waals surface area contributed by atoms with Crippen molar-refractivity contribution in [2.75, 3.05) is 5.32 Å². The second kappa shape index (κ2) is 6.49. The zero-order valence-electron chi connectivity index (χ0n) is 10.6. The van der Waals surface area contributed by atoms with Crippen LogP contribution in [0.15, 0.2) is 47.1 Å². The van der Waals surface area contributed by atoms with E-state index in [1.165, 1.54) is 0 Å². The number of nitrogens with one attached hydrogen (secondary N) is 1. The molecule has 0 unspecified atom stereocenters. The molecule has 5 nitrogen and oxygen atoms in total. The maximum Gasteiger partial charge on any atom is 0.242 e. The van der Waals surface area contributed by atoms with Gasteiger partial charge in [-0.3, -0.25) is 4.79 Å². The van der Waals surface area contributed by atoms with Crippen LogP contribution in [-0.2, 0) is 11.2 Å². The number of aromatic hydroxyl groups is 1. The van der Waals surface area contributed by atoms with Gasteiger partial charge in [-0.15, -0.1) is 0 Å². The number of carbonyl (C=O) groups excluding carboxylic acids is 1. The van der Waals surface area contributed by atoms with Gasteiger partial charge in [0.2, 0.25) is 5.91 Å². The number of pyridine rings is 1. The average molecular weight is 336 g/mol. The zero-order valence-corrected chi connectivity index (χ0v) is 12.2. The average Bonchev–Trinajstić information content (AvgIpc) is 2.44. The summed E-state index contributed by atoms with van der Waals surface area (Å²) in [7, 11) is 0. The van der Waals surface area contributed by atoms with Crippen LogP contribution in [-0.4, -0.2) is 22.0 Å². The number of carbonyl (C=O) groups is 1. The van der Waals surface area contributed by atoms with Gasteiger partial charge in [0, 0.05) is 6.20 Å². The van der Waals surface area contributed by atoms with Gasteiger partial charge in [-0.05, 0) is 52.2 Å². The molecule has 2 rings (SSSR count). The Labute approximate surface area is 125 Å². The minimum Gasteiger partial charge on any atom is -0.508 e. The van der Waals surface area contributed by atoms with Gasteiger partial charge in [-0.1, -0.05) is 12.1 Å². The van der Waals surface area contributed by atoms with E-state index < -0.39 is 6.04 Å². The second-order valence-corrected chi connectivity index (χ2v) is 5.15. The van der Waals surface area contributed by atoms with Crippen LogP contribution in [0.2, 0.25) is 0 Å². The third kappa shape index (κ3) is 3.79. The maximum absolute atomic E-state index is 12.0. The molecule has 104 valence electrons. The Morgan fingerprint density at radius 2 is 2.05 bits per heavy atom. The van der Waals surface area contributed by atoms with E-state index in [1.54, 1.807) is 42.6 Å². The number of halogens is 1. The van der Waals surface area contributed by atoms with E-state index in [1.807, 2.05) is 0 Å². The Hall–Kier alpha value is -1.92. The van der Waals surface area contributed by atoms with Crippen LogP contribution >= 0.6 is 15.9 Å². The standard InChI is InChI=1S/C14H14BrN3O2/c15-11-2-1-7-17-13(11)18-14(20)12(16)8-9-3-5-10(19)6-4-9/h1-7,12,19H,8,16H2,(H,17,18,20)/t12-/m1/s1. The Kier molecular flexibility index (Phi) is 4.70. The van der Waals surface area contributed by atoms with Crippen molar-refractivity contribution in [1.82, 2.24) is 4.98 Å². The molecule has 0 radical (unpaired) electrons. The number of nitrogens with two attached hydrogens (primary N) is 1. The van der Waals surface area contributed by atoms with Gasteiger partial charge in [0.25, 0.3) is 0 Å². The Morgan fingerprint density at radius 1 is 1.35 bits per heavy atom. The molecule has 1 aromatic heterocycles. The molecular weight excluding hydrogens is 322 g/mol. The van der Waals surface area contributed by atoms with Crippen molar-refractivity contribution in [2.45, 2.75) is 12.5 Å². The van der Waals surface area contributed by atoms with Crippen LogP contribution in [0.1, 0.15) is 5.56 Å². The molecule has 0 aliphatic carbocycles. The van der Waals surface area contributed by atoms with E-state index in [9.17, 15) is 9.90 Å². The summed E-state index contributed by atoms with van der Waals surface area (Å²) in [6.45, 7) is 0. The van der Waals surface area contributed by atoms with Crippen molar-refractivity contribution in [3.63, 3.8) is 0 Å². The number of phenolic OH excluding ortho intramolecular Hbond substituents is 1. The number of aromatic nitrogens is 1. The van der Waals surface area contributed by atoms with Gasteiger partial charge < -0.3 is 16.2 Å². The lowest BCUT2D eigenvalue weighted by molar-refractivity contribution is -0.117. The fourth-order valence-electron chi connectivity index (χ4n) is 1.67. The van der Waals surface area contributed by atoms with Gasteiger partial charge in [-0.25, -0.2) is 4.98 Å². The highest BCUT2D eigenvalue weighted by atomic mass is 79.9. The van der Waals surface area contributed by atoms with Crippen molar-refractivity contribution in [3.8, 4) is 5.75 Å².